The van der Waals surface area contributed by atoms with Gasteiger partial charge in [-0.25, -0.2) is 35.1 Å². The van der Waals surface area contributed by atoms with Gasteiger partial charge in [0.1, 0.15) is 0 Å². The summed E-state index contributed by atoms with van der Waals surface area (Å²) in [6.45, 7) is 5.71. The molecule has 4 rings (SSSR count). The van der Waals surface area contributed by atoms with Crippen molar-refractivity contribution in [2.75, 3.05) is 0 Å². The maximum Gasteiger partial charge on any atom is 0.491 e. The number of rotatable bonds is 2. The molecule has 12 heteroatoms. The third-order valence-electron chi connectivity index (χ3n) is 5.65. The molecule has 0 bridgehead atoms. The van der Waals surface area contributed by atoms with Crippen molar-refractivity contribution in [1.29, 1.82) is 0 Å². The number of hydrogen-bond acceptors (Lipinski definition) is 2. The topological polar surface area (TPSA) is 40.5 Å². The fourth-order valence-corrected chi connectivity index (χ4v) is 3.50. The van der Waals surface area contributed by atoms with Crippen LogP contribution in [-0.2, 0) is 0 Å². The van der Waals surface area contributed by atoms with Crippen LogP contribution in [0.2, 0.25) is 0 Å². The molecule has 40 heavy (non-hydrogen) atoms. The lowest BCUT2D eigenvalue weighted by molar-refractivity contribution is 0.420. The molecule has 0 aliphatic rings. The Morgan fingerprint density at radius 2 is 0.775 bits per heavy atom. The third-order valence-corrected chi connectivity index (χ3v) is 6.27. The van der Waals surface area contributed by atoms with Crippen LogP contribution in [0.25, 0.3) is 11.1 Å². The summed E-state index contributed by atoms with van der Waals surface area (Å²) in [5.74, 6) is -8.28. The summed E-state index contributed by atoms with van der Waals surface area (Å²) in [6.07, 6.45) is 0. The molecule has 0 aliphatic carbocycles. The van der Waals surface area contributed by atoms with Crippen LogP contribution in [-0.4, -0.2) is 17.2 Å². The number of aryl methyl sites for hydroxylation is 4. The van der Waals surface area contributed by atoms with Gasteiger partial charge >= 0.3 is 7.12 Å². The molecular weight excluding hydrogens is 611 g/mol. The van der Waals surface area contributed by atoms with Crippen LogP contribution in [0.15, 0.2) is 53.0 Å². The molecule has 0 radical (unpaired) electrons. The summed E-state index contributed by atoms with van der Waals surface area (Å²) in [6, 6.07) is 10.5. The number of halogens is 9. The zero-order chi connectivity index (χ0) is 30.5. The highest BCUT2D eigenvalue weighted by Gasteiger charge is 2.20. The summed E-state index contributed by atoms with van der Waals surface area (Å²) >= 11 is 2.87. The Morgan fingerprint density at radius 3 is 1.15 bits per heavy atom. The average Bonchev–Trinajstić information content (AvgIpc) is 2.91. The van der Waals surface area contributed by atoms with Crippen LogP contribution < -0.4 is 5.46 Å². The lowest BCUT2D eigenvalue weighted by Gasteiger charge is -2.09. The maximum atomic E-state index is 13.7. The number of benzene rings is 4. The highest BCUT2D eigenvalue weighted by atomic mass is 79.9. The van der Waals surface area contributed by atoms with Gasteiger partial charge in [0.25, 0.3) is 0 Å². The third kappa shape index (κ3) is 7.49. The Kier molecular flexibility index (Phi) is 11.5. The Morgan fingerprint density at radius 1 is 0.450 bits per heavy atom. The second kappa shape index (κ2) is 13.9. The molecule has 0 saturated heterocycles. The standard InChI is InChI=1S/C14H10F4.C7H7BF2O2.C7H5BrF2/c1-7-3-5-9(13(17)11(7)15)10-6-4-8(2)12(16)14(10)18;1-4-2-3-5(8(11)12)7(10)6(4)9;1-4-2-3-5(8)7(10)6(4)9/h3-6H,1-2H3;2-3,11-12H,1H3;2-3H,1H3. The van der Waals surface area contributed by atoms with E-state index in [0.717, 1.165) is 6.07 Å². The quantitative estimate of drug-likeness (QED) is 0.136. The molecule has 0 amide bonds. The molecule has 0 spiro atoms. The maximum absolute atomic E-state index is 13.7. The van der Waals surface area contributed by atoms with E-state index >= 15 is 0 Å². The molecule has 0 fully saturated rings. The van der Waals surface area contributed by atoms with Crippen molar-refractivity contribution in [2.45, 2.75) is 27.7 Å². The minimum Gasteiger partial charge on any atom is -0.423 e. The van der Waals surface area contributed by atoms with Crippen molar-refractivity contribution in [3.8, 4) is 11.1 Å². The predicted octanol–water partition coefficient (Wildman–Crippen LogP) is 7.52. The van der Waals surface area contributed by atoms with E-state index in [1.807, 2.05) is 0 Å². The Bertz CT molecular complexity index is 1450. The normalized spacial score (nSPS) is 10.4. The first-order valence-electron chi connectivity index (χ1n) is 11.4. The van der Waals surface area contributed by atoms with E-state index < -0.39 is 59.1 Å². The zero-order valence-electron chi connectivity index (χ0n) is 21.5. The Hall–Kier alpha value is -3.22. The molecule has 0 aromatic heterocycles. The van der Waals surface area contributed by atoms with E-state index in [0.29, 0.717) is 5.56 Å². The van der Waals surface area contributed by atoms with Gasteiger partial charge in [-0.3, -0.25) is 0 Å². The molecule has 0 heterocycles. The average molecular weight is 633 g/mol. The molecular formula is C28H22BBrF8O2. The van der Waals surface area contributed by atoms with Gasteiger partial charge in [-0.2, -0.15) is 0 Å². The second-order valence-electron chi connectivity index (χ2n) is 8.58. The summed E-state index contributed by atoms with van der Waals surface area (Å²) in [5.41, 5.74) is -0.326. The van der Waals surface area contributed by atoms with E-state index in [-0.39, 0.29) is 32.3 Å². The molecule has 4 aromatic carbocycles. The van der Waals surface area contributed by atoms with Crippen LogP contribution in [0.3, 0.4) is 0 Å². The molecule has 212 valence electrons. The summed E-state index contributed by atoms with van der Waals surface area (Å²) in [4.78, 5) is 0. The fourth-order valence-electron chi connectivity index (χ4n) is 3.19. The van der Waals surface area contributed by atoms with E-state index in [9.17, 15) is 35.1 Å². The van der Waals surface area contributed by atoms with E-state index in [1.165, 1.54) is 70.2 Å². The lowest BCUT2D eigenvalue weighted by atomic mass is 9.79. The van der Waals surface area contributed by atoms with Crippen molar-refractivity contribution in [3.63, 3.8) is 0 Å². The van der Waals surface area contributed by atoms with Crippen molar-refractivity contribution in [1.82, 2.24) is 0 Å². The summed E-state index contributed by atoms with van der Waals surface area (Å²) in [5, 5.41) is 17.1. The SMILES string of the molecule is Cc1ccc(-c2ccc(C)c(F)c2F)c(F)c1F.Cc1ccc(B(O)O)c(F)c1F.Cc1ccc(Br)c(F)c1F. The van der Waals surface area contributed by atoms with Gasteiger partial charge in [-0.1, -0.05) is 42.5 Å². The summed E-state index contributed by atoms with van der Waals surface area (Å²) in [7, 11) is -1.97. The minimum absolute atomic E-state index is 0.115. The Balaban J connectivity index is 0.000000222. The number of hydrogen-bond donors (Lipinski definition) is 2. The first-order chi connectivity index (χ1) is 18.6. The van der Waals surface area contributed by atoms with Gasteiger partial charge in [0, 0.05) is 16.6 Å². The molecule has 0 saturated carbocycles. The highest BCUT2D eigenvalue weighted by Crippen LogP contribution is 2.30. The van der Waals surface area contributed by atoms with Gasteiger partial charge in [0.15, 0.2) is 46.5 Å². The Labute approximate surface area is 234 Å². The second-order valence-corrected chi connectivity index (χ2v) is 9.44. The van der Waals surface area contributed by atoms with Crippen LogP contribution in [0.5, 0.6) is 0 Å². The lowest BCUT2D eigenvalue weighted by Crippen LogP contribution is -2.33. The minimum atomic E-state index is -1.97. The molecule has 0 aliphatic heterocycles. The first-order valence-corrected chi connectivity index (χ1v) is 12.2. The molecule has 2 nitrogen and oxygen atoms in total. The van der Waals surface area contributed by atoms with E-state index in [2.05, 4.69) is 15.9 Å². The smallest absolute Gasteiger partial charge is 0.423 e. The van der Waals surface area contributed by atoms with Crippen molar-refractivity contribution in [3.05, 3.63) is 122 Å². The van der Waals surface area contributed by atoms with Crippen molar-refractivity contribution in [2.24, 2.45) is 0 Å². The predicted molar refractivity (Wildman–Crippen MR) is 141 cm³/mol. The van der Waals surface area contributed by atoms with Gasteiger partial charge in [0.2, 0.25) is 0 Å². The molecule has 0 atom stereocenters. The van der Waals surface area contributed by atoms with Gasteiger partial charge < -0.3 is 10.0 Å². The molecule has 2 N–H and O–H groups in total. The van der Waals surface area contributed by atoms with Gasteiger partial charge in [-0.15, -0.1) is 0 Å². The first kappa shape index (κ1) is 33.0. The van der Waals surface area contributed by atoms with Gasteiger partial charge in [-0.05, 0) is 71.9 Å². The van der Waals surface area contributed by atoms with Crippen LogP contribution >= 0.6 is 15.9 Å². The highest BCUT2D eigenvalue weighted by molar-refractivity contribution is 9.10. The zero-order valence-corrected chi connectivity index (χ0v) is 23.1. The van der Waals surface area contributed by atoms with E-state index in [1.54, 1.807) is 0 Å². The molecule has 0 unspecified atom stereocenters. The van der Waals surface area contributed by atoms with Crippen molar-refractivity contribution >= 4 is 28.5 Å². The largest absolute Gasteiger partial charge is 0.491 e. The molecule has 4 aromatic rings. The van der Waals surface area contributed by atoms with E-state index in [4.69, 9.17) is 10.0 Å². The van der Waals surface area contributed by atoms with Gasteiger partial charge in [0.05, 0.1) is 4.47 Å². The van der Waals surface area contributed by atoms with Crippen LogP contribution in [0, 0.1) is 74.2 Å². The van der Waals surface area contributed by atoms with Crippen LogP contribution in [0.4, 0.5) is 35.1 Å². The monoisotopic (exact) mass is 632 g/mol. The van der Waals surface area contributed by atoms with Crippen molar-refractivity contribution < 1.29 is 45.2 Å². The summed E-state index contributed by atoms with van der Waals surface area (Å²) < 4.78 is 105. The van der Waals surface area contributed by atoms with Crippen LogP contribution in [0.1, 0.15) is 22.3 Å². The fraction of sp³-hybridized carbons (Fsp3) is 0.143.